The Morgan fingerprint density at radius 2 is 2.42 bits per heavy atom. The molecule has 5 nitrogen and oxygen atoms in total. The fraction of sp³-hybridized carbons (Fsp3) is 0.143. The third-order valence-corrected chi connectivity index (χ3v) is 1.58. The Balaban J connectivity index is 2.57. The molecule has 0 saturated carbocycles. The van der Waals surface area contributed by atoms with Crippen LogP contribution >= 0.6 is 0 Å². The number of nitrogens with one attached hydrogen (secondary N) is 2. The lowest BCUT2D eigenvalue weighted by molar-refractivity contribution is 0.576. The van der Waals surface area contributed by atoms with Gasteiger partial charge in [-0.3, -0.25) is 4.98 Å². The zero-order valence-corrected chi connectivity index (χ0v) is 6.42. The van der Waals surface area contributed by atoms with Gasteiger partial charge in [0.15, 0.2) is 11.6 Å². The molecule has 0 aliphatic rings. The first-order valence-electron chi connectivity index (χ1n) is 3.46. The minimum absolute atomic E-state index is 0.333. The molecule has 2 heterocycles. The van der Waals surface area contributed by atoms with Gasteiger partial charge in [-0.15, -0.1) is 5.10 Å². The summed E-state index contributed by atoms with van der Waals surface area (Å²) in [6, 6.07) is 1.81. The van der Waals surface area contributed by atoms with Gasteiger partial charge in [0.1, 0.15) is 0 Å². The van der Waals surface area contributed by atoms with Crippen molar-refractivity contribution in [1.29, 1.82) is 0 Å². The minimum Gasteiger partial charge on any atom is -0.461 e. The van der Waals surface area contributed by atoms with Crippen molar-refractivity contribution in [2.24, 2.45) is 0 Å². The largest absolute Gasteiger partial charge is 0.461 e. The summed E-state index contributed by atoms with van der Waals surface area (Å²) in [6.45, 7) is 1.88. The highest BCUT2D eigenvalue weighted by atomic mass is 16.3. The van der Waals surface area contributed by atoms with Gasteiger partial charge in [-0.1, -0.05) is 0 Å². The fourth-order valence-electron chi connectivity index (χ4n) is 0.993. The van der Waals surface area contributed by atoms with Crippen molar-refractivity contribution in [1.82, 2.24) is 15.2 Å². The third-order valence-electron chi connectivity index (χ3n) is 1.58. The van der Waals surface area contributed by atoms with Crippen molar-refractivity contribution in [3.05, 3.63) is 28.4 Å². The zero-order chi connectivity index (χ0) is 8.55. The standard InChI is InChI=1S/C7H7N3O2/c1-4-2-3-12-5(4)6-8-7(11)10-9-6/h2-3H,1H3,(H2,8,9,10,11). The number of nitrogens with zero attached hydrogens (tertiary/aromatic N) is 1. The molecule has 12 heavy (non-hydrogen) atoms. The van der Waals surface area contributed by atoms with Crippen LogP contribution in [-0.2, 0) is 0 Å². The molecular weight excluding hydrogens is 158 g/mol. The van der Waals surface area contributed by atoms with Crippen LogP contribution in [-0.4, -0.2) is 15.2 Å². The molecule has 0 unspecified atom stereocenters. The average molecular weight is 165 g/mol. The molecule has 0 aliphatic heterocycles. The van der Waals surface area contributed by atoms with E-state index in [0.29, 0.717) is 11.6 Å². The number of hydrogen-bond acceptors (Lipinski definition) is 3. The maximum absolute atomic E-state index is 10.7. The van der Waals surface area contributed by atoms with Crippen LogP contribution < -0.4 is 5.69 Å². The van der Waals surface area contributed by atoms with Crippen LogP contribution in [0, 0.1) is 6.92 Å². The van der Waals surface area contributed by atoms with Crippen LogP contribution in [0.1, 0.15) is 5.56 Å². The first-order chi connectivity index (χ1) is 5.77. The molecule has 0 aliphatic carbocycles. The van der Waals surface area contributed by atoms with Crippen LogP contribution in [0.3, 0.4) is 0 Å². The van der Waals surface area contributed by atoms with Crippen LogP contribution in [0.25, 0.3) is 11.6 Å². The fourth-order valence-corrected chi connectivity index (χ4v) is 0.993. The molecule has 0 aromatic carbocycles. The van der Waals surface area contributed by atoms with Gasteiger partial charge in [0, 0.05) is 0 Å². The first kappa shape index (κ1) is 6.90. The van der Waals surface area contributed by atoms with E-state index >= 15 is 0 Å². The summed E-state index contributed by atoms with van der Waals surface area (Å²) in [5, 5.41) is 6.00. The molecule has 62 valence electrons. The van der Waals surface area contributed by atoms with E-state index in [9.17, 15) is 4.79 Å². The molecule has 0 atom stereocenters. The summed E-state index contributed by atoms with van der Waals surface area (Å²) in [5.74, 6) is 1.02. The monoisotopic (exact) mass is 165 g/mol. The summed E-state index contributed by atoms with van der Waals surface area (Å²) in [4.78, 5) is 13.2. The number of aromatic nitrogens is 3. The Labute approximate surface area is 67.4 Å². The molecule has 2 aromatic rings. The van der Waals surface area contributed by atoms with E-state index in [0.717, 1.165) is 5.56 Å². The Morgan fingerprint density at radius 1 is 1.58 bits per heavy atom. The SMILES string of the molecule is Cc1ccoc1-c1n[nH]c(=O)[nH]1. The van der Waals surface area contributed by atoms with E-state index in [1.807, 2.05) is 13.0 Å². The predicted octanol–water partition coefficient (Wildman–Crippen LogP) is 0.666. The lowest BCUT2D eigenvalue weighted by Gasteiger charge is -1.88. The average Bonchev–Trinajstić information content (AvgIpc) is 2.58. The number of rotatable bonds is 1. The Morgan fingerprint density at radius 3 is 2.92 bits per heavy atom. The molecule has 0 spiro atoms. The quantitative estimate of drug-likeness (QED) is 0.652. The number of aromatic amines is 2. The first-order valence-corrected chi connectivity index (χ1v) is 3.46. The van der Waals surface area contributed by atoms with Gasteiger partial charge >= 0.3 is 5.69 Å². The highest BCUT2D eigenvalue weighted by Crippen LogP contribution is 2.18. The van der Waals surface area contributed by atoms with Gasteiger partial charge in [0.25, 0.3) is 0 Å². The van der Waals surface area contributed by atoms with E-state index in [2.05, 4.69) is 15.2 Å². The number of furan rings is 1. The van der Waals surface area contributed by atoms with E-state index in [4.69, 9.17) is 4.42 Å². The number of aryl methyl sites for hydroxylation is 1. The molecule has 0 radical (unpaired) electrons. The van der Waals surface area contributed by atoms with Gasteiger partial charge in [-0.2, -0.15) is 0 Å². The molecule has 2 rings (SSSR count). The molecule has 0 fully saturated rings. The smallest absolute Gasteiger partial charge is 0.341 e. The summed E-state index contributed by atoms with van der Waals surface area (Å²) in [5.41, 5.74) is 0.610. The summed E-state index contributed by atoms with van der Waals surface area (Å²) in [6.07, 6.45) is 1.55. The Kier molecular flexibility index (Phi) is 1.36. The zero-order valence-electron chi connectivity index (χ0n) is 6.42. The highest BCUT2D eigenvalue weighted by molar-refractivity contribution is 5.50. The van der Waals surface area contributed by atoms with Gasteiger partial charge < -0.3 is 4.42 Å². The van der Waals surface area contributed by atoms with Crippen molar-refractivity contribution in [3.63, 3.8) is 0 Å². The molecule has 0 amide bonds. The molecule has 5 heteroatoms. The van der Waals surface area contributed by atoms with Gasteiger partial charge in [0.2, 0.25) is 0 Å². The number of hydrogen-bond donors (Lipinski definition) is 2. The minimum atomic E-state index is -0.333. The van der Waals surface area contributed by atoms with Gasteiger partial charge in [0.05, 0.1) is 6.26 Å². The molecule has 2 aromatic heterocycles. The van der Waals surface area contributed by atoms with Gasteiger partial charge in [-0.25, -0.2) is 9.89 Å². The van der Waals surface area contributed by atoms with E-state index in [1.165, 1.54) is 0 Å². The normalized spacial score (nSPS) is 10.4. The van der Waals surface area contributed by atoms with Gasteiger partial charge in [-0.05, 0) is 18.6 Å². The third kappa shape index (κ3) is 0.952. The lowest BCUT2D eigenvalue weighted by atomic mass is 10.3. The molecule has 0 bridgehead atoms. The second-order valence-corrected chi connectivity index (χ2v) is 2.46. The van der Waals surface area contributed by atoms with Crippen molar-refractivity contribution >= 4 is 0 Å². The van der Waals surface area contributed by atoms with Crippen molar-refractivity contribution in [3.8, 4) is 11.6 Å². The summed E-state index contributed by atoms with van der Waals surface area (Å²) >= 11 is 0. The Bertz CT molecular complexity index is 437. The number of H-pyrrole nitrogens is 2. The van der Waals surface area contributed by atoms with E-state index < -0.39 is 0 Å². The van der Waals surface area contributed by atoms with Crippen LogP contribution in [0.4, 0.5) is 0 Å². The van der Waals surface area contributed by atoms with E-state index in [1.54, 1.807) is 6.26 Å². The summed E-state index contributed by atoms with van der Waals surface area (Å²) in [7, 11) is 0. The van der Waals surface area contributed by atoms with Crippen molar-refractivity contribution in [2.75, 3.05) is 0 Å². The molecule has 0 saturated heterocycles. The maximum atomic E-state index is 10.7. The second-order valence-electron chi connectivity index (χ2n) is 2.46. The van der Waals surface area contributed by atoms with Crippen LogP contribution in [0.15, 0.2) is 21.5 Å². The highest BCUT2D eigenvalue weighted by Gasteiger charge is 2.08. The van der Waals surface area contributed by atoms with Crippen LogP contribution in [0.5, 0.6) is 0 Å². The van der Waals surface area contributed by atoms with Crippen molar-refractivity contribution < 1.29 is 4.42 Å². The second kappa shape index (κ2) is 2.37. The van der Waals surface area contributed by atoms with E-state index in [-0.39, 0.29) is 5.69 Å². The predicted molar refractivity (Wildman–Crippen MR) is 41.6 cm³/mol. The molecular formula is C7H7N3O2. The maximum Gasteiger partial charge on any atom is 0.341 e. The van der Waals surface area contributed by atoms with Crippen LogP contribution in [0.2, 0.25) is 0 Å². The lowest BCUT2D eigenvalue weighted by Crippen LogP contribution is -2.00. The molecule has 2 N–H and O–H groups in total. The summed E-state index contributed by atoms with van der Waals surface area (Å²) < 4.78 is 5.11. The topological polar surface area (TPSA) is 74.7 Å². The Hall–Kier alpha value is -1.78. The van der Waals surface area contributed by atoms with Crippen molar-refractivity contribution in [2.45, 2.75) is 6.92 Å².